The molecule has 3 aromatic rings. The molecule has 0 saturated heterocycles. The number of hydrogen-bond acceptors (Lipinski definition) is 4. The van der Waals surface area contributed by atoms with Crippen LogP contribution in [0.4, 0.5) is 5.82 Å². The Morgan fingerprint density at radius 3 is 2.80 bits per heavy atom. The summed E-state index contributed by atoms with van der Waals surface area (Å²) in [5, 5.41) is 4.03. The molecule has 0 spiro atoms. The lowest BCUT2D eigenvalue weighted by Crippen LogP contribution is -2.16. The van der Waals surface area contributed by atoms with Gasteiger partial charge in [-0.3, -0.25) is 4.98 Å². The quantitative estimate of drug-likeness (QED) is 0.757. The van der Waals surface area contributed by atoms with Crippen molar-refractivity contribution >= 4 is 16.9 Å². The van der Waals surface area contributed by atoms with Crippen molar-refractivity contribution in [2.45, 2.75) is 6.42 Å². The van der Waals surface area contributed by atoms with E-state index in [2.05, 4.69) is 32.4 Å². The Labute approximate surface area is 115 Å². The average molecular weight is 266 g/mol. The zero-order valence-electron chi connectivity index (χ0n) is 10.8. The molecular formula is C15H14N4O. The number of aromatic amines is 1. The SMILES string of the molecule is O=c1nc(NCCc2ccccc2)c2cccnc2[nH]1. The molecule has 0 fully saturated rings. The second kappa shape index (κ2) is 5.52. The van der Waals surface area contributed by atoms with Gasteiger partial charge in [0.05, 0.1) is 5.39 Å². The topological polar surface area (TPSA) is 70.7 Å². The smallest absolute Gasteiger partial charge is 0.348 e. The number of rotatable bonds is 4. The molecule has 3 rings (SSSR count). The highest BCUT2D eigenvalue weighted by Crippen LogP contribution is 2.15. The van der Waals surface area contributed by atoms with Gasteiger partial charge in [-0.1, -0.05) is 30.3 Å². The highest BCUT2D eigenvalue weighted by molar-refractivity contribution is 5.85. The van der Waals surface area contributed by atoms with Gasteiger partial charge in [0.1, 0.15) is 11.5 Å². The molecule has 100 valence electrons. The first-order valence-corrected chi connectivity index (χ1v) is 6.46. The third kappa shape index (κ3) is 2.66. The Balaban J connectivity index is 1.79. The Kier molecular flexibility index (Phi) is 3.41. The fraction of sp³-hybridized carbons (Fsp3) is 0.133. The summed E-state index contributed by atoms with van der Waals surface area (Å²) < 4.78 is 0. The van der Waals surface area contributed by atoms with Gasteiger partial charge >= 0.3 is 5.69 Å². The Hall–Kier alpha value is -2.69. The van der Waals surface area contributed by atoms with Gasteiger partial charge < -0.3 is 5.32 Å². The van der Waals surface area contributed by atoms with Crippen molar-refractivity contribution < 1.29 is 0 Å². The Morgan fingerprint density at radius 1 is 1.10 bits per heavy atom. The fourth-order valence-electron chi connectivity index (χ4n) is 2.09. The van der Waals surface area contributed by atoms with Crippen LogP contribution < -0.4 is 11.0 Å². The van der Waals surface area contributed by atoms with E-state index in [4.69, 9.17) is 0 Å². The van der Waals surface area contributed by atoms with Crippen molar-refractivity contribution in [2.75, 3.05) is 11.9 Å². The summed E-state index contributed by atoms with van der Waals surface area (Å²) in [7, 11) is 0. The molecule has 0 aliphatic heterocycles. The molecule has 1 aromatic carbocycles. The lowest BCUT2D eigenvalue weighted by Gasteiger charge is -2.07. The van der Waals surface area contributed by atoms with Crippen LogP contribution in [0.3, 0.4) is 0 Å². The Morgan fingerprint density at radius 2 is 1.95 bits per heavy atom. The third-order valence-electron chi connectivity index (χ3n) is 3.05. The lowest BCUT2D eigenvalue weighted by atomic mass is 10.1. The molecule has 0 aliphatic rings. The maximum Gasteiger partial charge on any atom is 0.348 e. The summed E-state index contributed by atoms with van der Waals surface area (Å²) in [6.45, 7) is 0.713. The molecule has 0 radical (unpaired) electrons. The second-order valence-electron chi connectivity index (χ2n) is 4.45. The summed E-state index contributed by atoms with van der Waals surface area (Å²) in [6.07, 6.45) is 2.52. The maximum atomic E-state index is 11.5. The largest absolute Gasteiger partial charge is 0.369 e. The zero-order chi connectivity index (χ0) is 13.8. The van der Waals surface area contributed by atoms with Gasteiger partial charge in [0.25, 0.3) is 0 Å². The summed E-state index contributed by atoms with van der Waals surface area (Å²) in [5.41, 5.74) is 1.40. The predicted octanol–water partition coefficient (Wildman–Crippen LogP) is 1.97. The summed E-state index contributed by atoms with van der Waals surface area (Å²) in [5.74, 6) is 0.577. The first-order valence-electron chi connectivity index (χ1n) is 6.46. The molecule has 0 saturated carbocycles. The van der Waals surface area contributed by atoms with Crippen molar-refractivity contribution in [2.24, 2.45) is 0 Å². The number of aromatic nitrogens is 3. The first kappa shape index (κ1) is 12.3. The lowest BCUT2D eigenvalue weighted by molar-refractivity contribution is 0.994. The van der Waals surface area contributed by atoms with Crippen LogP contribution in [0.15, 0.2) is 53.5 Å². The van der Waals surface area contributed by atoms with Crippen molar-refractivity contribution in [1.29, 1.82) is 0 Å². The van der Waals surface area contributed by atoms with Crippen LogP contribution in [0, 0.1) is 0 Å². The van der Waals surface area contributed by atoms with Crippen LogP contribution in [-0.4, -0.2) is 21.5 Å². The van der Waals surface area contributed by atoms with Crippen molar-refractivity contribution in [3.05, 3.63) is 64.7 Å². The van der Waals surface area contributed by atoms with Crippen molar-refractivity contribution in [3.8, 4) is 0 Å². The van der Waals surface area contributed by atoms with Crippen LogP contribution in [-0.2, 0) is 6.42 Å². The van der Waals surface area contributed by atoms with Crippen LogP contribution in [0.25, 0.3) is 11.0 Å². The van der Waals surface area contributed by atoms with Gasteiger partial charge in [-0.15, -0.1) is 0 Å². The molecule has 20 heavy (non-hydrogen) atoms. The van der Waals surface area contributed by atoms with E-state index in [0.29, 0.717) is 18.0 Å². The minimum atomic E-state index is -0.390. The molecule has 0 bridgehead atoms. The van der Waals surface area contributed by atoms with E-state index in [0.717, 1.165) is 11.8 Å². The monoisotopic (exact) mass is 266 g/mol. The molecule has 0 atom stereocenters. The van der Waals surface area contributed by atoms with Gasteiger partial charge in [-0.25, -0.2) is 9.78 Å². The predicted molar refractivity (Wildman–Crippen MR) is 78.8 cm³/mol. The summed E-state index contributed by atoms with van der Waals surface area (Å²) >= 11 is 0. The molecule has 2 heterocycles. The third-order valence-corrected chi connectivity index (χ3v) is 3.05. The molecule has 2 N–H and O–H groups in total. The van der Waals surface area contributed by atoms with Crippen LogP contribution >= 0.6 is 0 Å². The van der Waals surface area contributed by atoms with Crippen molar-refractivity contribution in [3.63, 3.8) is 0 Å². The van der Waals surface area contributed by atoms with Gasteiger partial charge in [0.15, 0.2) is 0 Å². The van der Waals surface area contributed by atoms with E-state index in [1.165, 1.54) is 5.56 Å². The molecule has 5 nitrogen and oxygen atoms in total. The average Bonchev–Trinajstić information content (AvgIpc) is 2.48. The number of benzene rings is 1. The molecule has 0 unspecified atom stereocenters. The molecule has 0 aliphatic carbocycles. The number of fused-ring (bicyclic) bond motifs is 1. The van der Waals surface area contributed by atoms with E-state index in [9.17, 15) is 4.79 Å². The van der Waals surface area contributed by atoms with Gasteiger partial charge in [-0.05, 0) is 24.1 Å². The van der Waals surface area contributed by atoms with E-state index in [1.807, 2.05) is 30.3 Å². The number of H-pyrrole nitrogens is 1. The zero-order valence-corrected chi connectivity index (χ0v) is 10.8. The highest BCUT2D eigenvalue weighted by atomic mass is 16.1. The first-order chi connectivity index (χ1) is 9.83. The van der Waals surface area contributed by atoms with E-state index < -0.39 is 5.69 Å². The maximum absolute atomic E-state index is 11.5. The molecule has 5 heteroatoms. The minimum Gasteiger partial charge on any atom is -0.369 e. The standard InChI is InChI=1S/C15H14N4O/c20-15-18-13-12(7-4-9-16-13)14(19-15)17-10-8-11-5-2-1-3-6-11/h1-7,9H,8,10H2,(H2,16,17,18,19,20). The minimum absolute atomic E-state index is 0.390. The van der Waals surface area contributed by atoms with Gasteiger partial charge in [0.2, 0.25) is 0 Å². The number of nitrogens with one attached hydrogen (secondary N) is 2. The second-order valence-corrected chi connectivity index (χ2v) is 4.45. The summed E-state index contributed by atoms with van der Waals surface area (Å²) in [6, 6.07) is 13.9. The van der Waals surface area contributed by atoms with Crippen LogP contribution in [0.5, 0.6) is 0 Å². The van der Waals surface area contributed by atoms with Crippen LogP contribution in [0.1, 0.15) is 5.56 Å². The fourth-order valence-corrected chi connectivity index (χ4v) is 2.09. The number of nitrogens with zero attached hydrogens (tertiary/aromatic N) is 2. The number of anilines is 1. The van der Waals surface area contributed by atoms with Crippen molar-refractivity contribution in [1.82, 2.24) is 15.0 Å². The Bertz CT molecular complexity index is 767. The molecule has 0 amide bonds. The van der Waals surface area contributed by atoms with E-state index >= 15 is 0 Å². The van der Waals surface area contributed by atoms with E-state index in [1.54, 1.807) is 6.20 Å². The molecule has 2 aromatic heterocycles. The molecular weight excluding hydrogens is 252 g/mol. The normalized spacial score (nSPS) is 10.6. The highest BCUT2D eigenvalue weighted by Gasteiger charge is 2.04. The van der Waals surface area contributed by atoms with Gasteiger partial charge in [-0.2, -0.15) is 4.98 Å². The number of pyridine rings is 1. The van der Waals surface area contributed by atoms with Gasteiger partial charge in [0, 0.05) is 12.7 Å². The number of hydrogen-bond donors (Lipinski definition) is 2. The van der Waals surface area contributed by atoms with E-state index in [-0.39, 0.29) is 0 Å². The summed E-state index contributed by atoms with van der Waals surface area (Å²) in [4.78, 5) is 22.2. The van der Waals surface area contributed by atoms with Crippen LogP contribution in [0.2, 0.25) is 0 Å².